The smallest absolute Gasteiger partial charge is 0.296 e. The first-order valence-corrected chi connectivity index (χ1v) is 17.4. The number of benzene rings is 2. The number of hydrogen-bond acceptors (Lipinski definition) is 6. The van der Waals surface area contributed by atoms with Crippen molar-refractivity contribution in [1.82, 2.24) is 0 Å². The Morgan fingerprint density at radius 1 is 0.590 bits per heavy atom. The van der Waals surface area contributed by atoms with Gasteiger partial charge in [0.25, 0.3) is 20.1 Å². The van der Waals surface area contributed by atoms with Gasteiger partial charge in [-0.3, -0.25) is 8.91 Å². The first kappa shape index (κ1) is 33.1. The van der Waals surface area contributed by atoms with E-state index in [9.17, 15) is 21.9 Å². The Bertz CT molecular complexity index is 1130. The minimum Gasteiger partial charge on any atom is -0.508 e. The summed E-state index contributed by atoms with van der Waals surface area (Å²) >= 11 is 0. The van der Waals surface area contributed by atoms with E-state index >= 15 is 0 Å². The number of aromatic hydroxyl groups is 1. The summed E-state index contributed by atoms with van der Waals surface area (Å²) < 4.78 is 57.5. The zero-order valence-electron chi connectivity index (χ0n) is 23.4. The SMILES string of the molecule is CCCCCCCCCCCCCCCCCCOS(=O)(=O)c1ccc(S(=O)(=O)Nc2ccc(O)cc2)cc1. The quantitative estimate of drug-likeness (QED) is 0.0824. The second-order valence-corrected chi connectivity index (χ2v) is 13.5. The van der Waals surface area contributed by atoms with Gasteiger partial charge < -0.3 is 5.11 Å². The molecule has 0 bridgehead atoms. The van der Waals surface area contributed by atoms with Gasteiger partial charge in [-0.15, -0.1) is 0 Å². The molecule has 0 aliphatic rings. The number of rotatable bonds is 22. The summed E-state index contributed by atoms with van der Waals surface area (Å²) in [4.78, 5) is -0.157. The van der Waals surface area contributed by atoms with Gasteiger partial charge in [0.1, 0.15) is 5.75 Å². The van der Waals surface area contributed by atoms with Crippen LogP contribution in [-0.2, 0) is 24.3 Å². The molecule has 0 spiro atoms. The van der Waals surface area contributed by atoms with Crippen molar-refractivity contribution in [3.63, 3.8) is 0 Å². The van der Waals surface area contributed by atoms with Crippen molar-refractivity contribution in [3.8, 4) is 5.75 Å². The second-order valence-electron chi connectivity index (χ2n) is 10.2. The molecule has 0 fully saturated rings. The minimum atomic E-state index is -3.95. The Labute approximate surface area is 236 Å². The number of phenolic OH excluding ortho intramolecular Hbond substituents is 1. The van der Waals surface area contributed by atoms with Crippen LogP contribution in [0, 0.1) is 0 Å². The lowest BCUT2D eigenvalue weighted by molar-refractivity contribution is 0.306. The van der Waals surface area contributed by atoms with E-state index in [0.29, 0.717) is 6.42 Å². The molecule has 0 unspecified atom stereocenters. The number of hydrogen-bond donors (Lipinski definition) is 2. The van der Waals surface area contributed by atoms with Gasteiger partial charge in [0.05, 0.1) is 16.4 Å². The average molecular weight is 582 g/mol. The summed E-state index contributed by atoms with van der Waals surface area (Å²) in [5, 5.41) is 9.33. The van der Waals surface area contributed by atoms with E-state index in [2.05, 4.69) is 11.6 Å². The van der Waals surface area contributed by atoms with Crippen molar-refractivity contribution in [1.29, 1.82) is 0 Å². The molecule has 0 aliphatic carbocycles. The van der Waals surface area contributed by atoms with E-state index < -0.39 is 20.1 Å². The standard InChI is InChI=1S/C30H47NO6S2/c1-2-3-4-5-6-7-8-9-10-11-12-13-14-15-16-17-26-37-39(35,36)30-24-22-29(23-25-30)38(33,34)31-27-18-20-28(32)21-19-27/h18-25,31-32H,2-17,26H2,1H3. The van der Waals surface area contributed by atoms with Crippen LogP contribution in [0.2, 0.25) is 0 Å². The van der Waals surface area contributed by atoms with Crippen LogP contribution in [0.3, 0.4) is 0 Å². The fourth-order valence-corrected chi connectivity index (χ4v) is 6.42. The summed E-state index contributed by atoms with van der Waals surface area (Å²) in [5.41, 5.74) is 0.284. The lowest BCUT2D eigenvalue weighted by Gasteiger charge is -2.09. The molecule has 2 rings (SSSR count). The average Bonchev–Trinajstić information content (AvgIpc) is 2.91. The van der Waals surface area contributed by atoms with Crippen molar-refractivity contribution in [3.05, 3.63) is 48.5 Å². The Kier molecular flexibility index (Phi) is 15.5. The van der Waals surface area contributed by atoms with Crippen LogP contribution < -0.4 is 4.72 Å². The van der Waals surface area contributed by atoms with Crippen LogP contribution in [0.15, 0.2) is 58.3 Å². The first-order chi connectivity index (χ1) is 18.7. The number of anilines is 1. The lowest BCUT2D eigenvalue weighted by atomic mass is 10.0. The summed E-state index contributed by atoms with van der Waals surface area (Å²) in [6, 6.07) is 10.5. The van der Waals surface area contributed by atoms with Crippen LogP contribution in [0.4, 0.5) is 5.69 Å². The highest BCUT2D eigenvalue weighted by atomic mass is 32.2. The fraction of sp³-hybridized carbons (Fsp3) is 0.600. The molecular weight excluding hydrogens is 534 g/mol. The molecule has 39 heavy (non-hydrogen) atoms. The third kappa shape index (κ3) is 13.7. The minimum absolute atomic E-state index is 0.0205. The van der Waals surface area contributed by atoms with Crippen LogP contribution in [0.5, 0.6) is 5.75 Å². The zero-order valence-corrected chi connectivity index (χ0v) is 25.1. The van der Waals surface area contributed by atoms with Gasteiger partial charge in [-0.25, -0.2) is 8.42 Å². The number of unbranched alkanes of at least 4 members (excludes halogenated alkanes) is 15. The molecule has 0 radical (unpaired) electrons. The first-order valence-electron chi connectivity index (χ1n) is 14.6. The van der Waals surface area contributed by atoms with E-state index in [0.717, 1.165) is 19.3 Å². The van der Waals surface area contributed by atoms with E-state index in [1.165, 1.54) is 126 Å². The summed E-state index contributed by atoms with van der Waals surface area (Å²) in [6.07, 6.45) is 20.0. The lowest BCUT2D eigenvalue weighted by Crippen LogP contribution is -2.13. The Morgan fingerprint density at radius 3 is 1.46 bits per heavy atom. The molecule has 0 saturated heterocycles. The largest absolute Gasteiger partial charge is 0.508 e. The van der Waals surface area contributed by atoms with Crippen molar-refractivity contribution >= 4 is 25.8 Å². The molecule has 2 aromatic rings. The Balaban J connectivity index is 1.55. The fourth-order valence-electron chi connectivity index (χ4n) is 4.42. The van der Waals surface area contributed by atoms with Gasteiger partial charge in [0.2, 0.25) is 0 Å². The molecule has 2 aromatic carbocycles. The monoisotopic (exact) mass is 581 g/mol. The van der Waals surface area contributed by atoms with Gasteiger partial charge in [0, 0.05) is 5.69 Å². The van der Waals surface area contributed by atoms with Crippen molar-refractivity contribution < 1.29 is 26.1 Å². The summed E-state index contributed by atoms with van der Waals surface area (Å²) in [5.74, 6) is 0.0205. The molecule has 7 nitrogen and oxygen atoms in total. The van der Waals surface area contributed by atoms with Crippen LogP contribution in [-0.4, -0.2) is 28.5 Å². The normalized spacial score (nSPS) is 12.0. The van der Waals surface area contributed by atoms with Crippen LogP contribution in [0.25, 0.3) is 0 Å². The maximum absolute atomic E-state index is 12.5. The maximum atomic E-state index is 12.5. The molecule has 0 heterocycles. The third-order valence-corrected chi connectivity index (χ3v) is 9.50. The molecular formula is C30H47NO6S2. The predicted molar refractivity (Wildman–Crippen MR) is 158 cm³/mol. The molecule has 0 atom stereocenters. The molecule has 0 amide bonds. The molecule has 9 heteroatoms. The zero-order chi connectivity index (χ0) is 28.4. The van der Waals surface area contributed by atoms with Gasteiger partial charge in [-0.05, 0) is 55.0 Å². The highest BCUT2D eigenvalue weighted by Gasteiger charge is 2.19. The molecule has 0 aliphatic heterocycles. The van der Waals surface area contributed by atoms with Crippen molar-refractivity contribution in [2.45, 2.75) is 119 Å². The van der Waals surface area contributed by atoms with Gasteiger partial charge in [-0.1, -0.05) is 103 Å². The van der Waals surface area contributed by atoms with E-state index in [1.54, 1.807) is 0 Å². The van der Waals surface area contributed by atoms with Gasteiger partial charge in [-0.2, -0.15) is 8.42 Å². The Hall–Kier alpha value is -2.10. The Morgan fingerprint density at radius 2 is 1.00 bits per heavy atom. The molecule has 0 saturated carbocycles. The number of nitrogens with one attached hydrogen (secondary N) is 1. The van der Waals surface area contributed by atoms with Crippen LogP contribution >= 0.6 is 0 Å². The number of phenols is 1. The number of sulfonamides is 1. The second kappa shape index (κ2) is 18.3. The van der Waals surface area contributed by atoms with Crippen LogP contribution in [0.1, 0.15) is 110 Å². The predicted octanol–water partition coefficient (Wildman–Crippen LogP) is 8.16. The van der Waals surface area contributed by atoms with Gasteiger partial charge >= 0.3 is 0 Å². The van der Waals surface area contributed by atoms with E-state index in [1.807, 2.05) is 0 Å². The van der Waals surface area contributed by atoms with Gasteiger partial charge in [0.15, 0.2) is 0 Å². The highest BCUT2D eigenvalue weighted by molar-refractivity contribution is 7.92. The molecule has 0 aromatic heterocycles. The van der Waals surface area contributed by atoms with Crippen molar-refractivity contribution in [2.24, 2.45) is 0 Å². The van der Waals surface area contributed by atoms with Crippen molar-refractivity contribution in [2.75, 3.05) is 11.3 Å². The molecule has 2 N–H and O–H groups in total. The highest BCUT2D eigenvalue weighted by Crippen LogP contribution is 2.21. The van der Waals surface area contributed by atoms with E-state index in [-0.39, 0.29) is 27.8 Å². The maximum Gasteiger partial charge on any atom is 0.296 e. The molecule has 220 valence electrons. The summed E-state index contributed by atoms with van der Waals surface area (Å²) in [6.45, 7) is 2.37. The van der Waals surface area contributed by atoms with E-state index in [4.69, 9.17) is 4.18 Å². The topological polar surface area (TPSA) is 110 Å². The summed E-state index contributed by atoms with van der Waals surface area (Å²) in [7, 11) is -7.85. The third-order valence-electron chi connectivity index (χ3n) is 6.78.